The molecule has 0 amide bonds. The van der Waals surface area contributed by atoms with E-state index >= 15 is 4.39 Å². The van der Waals surface area contributed by atoms with E-state index in [-0.39, 0.29) is 35.5 Å². The van der Waals surface area contributed by atoms with Gasteiger partial charge in [0.05, 0.1) is 19.5 Å². The van der Waals surface area contributed by atoms with Gasteiger partial charge >= 0.3 is 11.9 Å². The predicted octanol–water partition coefficient (Wildman–Crippen LogP) is 1.67. The first-order valence-electron chi connectivity index (χ1n) is 12.0. The van der Waals surface area contributed by atoms with Crippen LogP contribution in [0.4, 0.5) is 14.6 Å². The van der Waals surface area contributed by atoms with Crippen molar-refractivity contribution in [3.05, 3.63) is 47.3 Å². The monoisotopic (exact) mass is 567 g/mol. The summed E-state index contributed by atoms with van der Waals surface area (Å²) >= 11 is 5.89. The number of nitrogen functional groups attached to an aromatic ring is 1. The van der Waals surface area contributed by atoms with Crippen molar-refractivity contribution in [2.45, 2.75) is 56.1 Å². The van der Waals surface area contributed by atoms with Gasteiger partial charge in [0.15, 0.2) is 29.5 Å². The highest BCUT2D eigenvalue weighted by Gasteiger charge is 2.80. The predicted molar refractivity (Wildman–Crippen MR) is 129 cm³/mol. The highest BCUT2D eigenvalue weighted by atomic mass is 35.5. The van der Waals surface area contributed by atoms with Crippen molar-refractivity contribution in [2.24, 2.45) is 0 Å². The van der Waals surface area contributed by atoms with Crippen molar-refractivity contribution in [1.29, 1.82) is 0 Å². The molecular formula is C24H24ClF2N5O7. The van der Waals surface area contributed by atoms with Crippen LogP contribution in [0.1, 0.15) is 25.6 Å². The van der Waals surface area contributed by atoms with Crippen LogP contribution in [-0.4, -0.2) is 79.4 Å². The maximum atomic E-state index is 15.8. The summed E-state index contributed by atoms with van der Waals surface area (Å²) in [5.74, 6) is -2.80. The number of aromatic nitrogens is 4. The first-order valence-corrected chi connectivity index (χ1v) is 12.4. The van der Waals surface area contributed by atoms with Crippen molar-refractivity contribution in [3.63, 3.8) is 0 Å². The van der Waals surface area contributed by atoms with Crippen LogP contribution < -0.4 is 5.73 Å². The number of rotatable bonds is 9. The Morgan fingerprint density at radius 1 is 1.21 bits per heavy atom. The minimum Gasteiger partial charge on any atom is -0.463 e. The number of esters is 2. The van der Waals surface area contributed by atoms with Crippen LogP contribution in [0.5, 0.6) is 0 Å². The number of carbonyl (C=O) groups is 2. The number of alkyl halides is 1. The molecule has 1 unspecified atom stereocenters. The Labute approximate surface area is 225 Å². The molecule has 0 radical (unpaired) electrons. The standard InChI is InChI=1S/C24H24ClF2N5O7/c1-3-36-20(33)23(21(34)37-4-2,9-11-5-7-12(26)8-6-11)39-16-15-24(16,35)14(27)19(38-15)32-10-29-13-17(28)30-22(25)31-18(13)32/h5-8,10,14-16,19,35H,3-4,9H2,1-2H3,(H2,28,30,31)/t14-,15-,16?,19-,24+/m1/s1. The van der Waals surface area contributed by atoms with Gasteiger partial charge in [0.2, 0.25) is 5.28 Å². The minimum atomic E-state index is -2.44. The van der Waals surface area contributed by atoms with E-state index in [9.17, 15) is 19.1 Å². The van der Waals surface area contributed by atoms with Crippen molar-refractivity contribution >= 4 is 40.5 Å². The molecule has 39 heavy (non-hydrogen) atoms. The van der Waals surface area contributed by atoms with Gasteiger partial charge in [-0.1, -0.05) is 12.1 Å². The molecule has 2 aliphatic rings. The highest BCUT2D eigenvalue weighted by molar-refractivity contribution is 6.28. The maximum Gasteiger partial charge on any atom is 0.350 e. The number of benzene rings is 1. The molecule has 12 nitrogen and oxygen atoms in total. The fourth-order valence-corrected chi connectivity index (χ4v) is 4.87. The summed E-state index contributed by atoms with van der Waals surface area (Å²) in [5.41, 5.74) is 1.67. The average Bonchev–Trinajstić information content (AvgIpc) is 3.14. The molecule has 1 aliphatic carbocycles. The van der Waals surface area contributed by atoms with Gasteiger partial charge in [-0.25, -0.2) is 23.4 Å². The van der Waals surface area contributed by atoms with Crippen LogP contribution in [0.25, 0.3) is 11.2 Å². The second-order valence-corrected chi connectivity index (χ2v) is 9.39. The SMILES string of the molecule is CCOC(=O)C(Cc1ccc(F)cc1)(OC1[C@H]2O[C@@H](n3cnc4c(N)nc(Cl)nc43)[C@@H](F)[C@@]12O)C(=O)OCC. The van der Waals surface area contributed by atoms with Crippen LogP contribution in [0, 0.1) is 5.82 Å². The molecular weight excluding hydrogens is 544 g/mol. The van der Waals surface area contributed by atoms with Gasteiger partial charge in [-0.3, -0.25) is 4.57 Å². The van der Waals surface area contributed by atoms with Crippen molar-refractivity contribution in [3.8, 4) is 0 Å². The summed E-state index contributed by atoms with van der Waals surface area (Å²) in [6.07, 6.45) is -5.51. The fourth-order valence-electron chi connectivity index (χ4n) is 4.70. The minimum absolute atomic E-state index is 0.0308. The number of ether oxygens (including phenoxy) is 4. The molecule has 1 aromatic carbocycles. The molecule has 1 saturated heterocycles. The van der Waals surface area contributed by atoms with E-state index in [1.165, 1.54) is 36.9 Å². The number of fused-ring (bicyclic) bond motifs is 2. The third kappa shape index (κ3) is 4.36. The molecule has 5 rings (SSSR count). The molecule has 1 aliphatic heterocycles. The maximum absolute atomic E-state index is 15.8. The first-order chi connectivity index (χ1) is 18.6. The normalized spacial score (nSPS) is 25.9. The number of hydrogen-bond acceptors (Lipinski definition) is 11. The van der Waals surface area contributed by atoms with E-state index in [2.05, 4.69) is 15.0 Å². The Balaban J connectivity index is 1.46. The number of halogens is 3. The van der Waals surface area contributed by atoms with Gasteiger partial charge in [0.25, 0.3) is 5.60 Å². The molecule has 15 heteroatoms. The summed E-state index contributed by atoms with van der Waals surface area (Å²) in [6, 6.07) is 4.97. The molecule has 1 saturated carbocycles. The Bertz CT molecular complexity index is 1410. The van der Waals surface area contributed by atoms with E-state index in [0.29, 0.717) is 5.56 Å². The molecule has 5 atom stereocenters. The molecule has 3 aromatic rings. The van der Waals surface area contributed by atoms with E-state index in [1.54, 1.807) is 0 Å². The molecule has 2 aromatic heterocycles. The van der Waals surface area contributed by atoms with Crippen molar-refractivity contribution < 1.29 is 42.4 Å². The van der Waals surface area contributed by atoms with Crippen molar-refractivity contribution in [2.75, 3.05) is 18.9 Å². The lowest BCUT2D eigenvalue weighted by Crippen LogP contribution is -2.55. The Kier molecular flexibility index (Phi) is 6.91. The zero-order valence-electron chi connectivity index (χ0n) is 20.7. The first kappa shape index (κ1) is 27.1. The molecule has 3 heterocycles. The largest absolute Gasteiger partial charge is 0.463 e. The number of carbonyl (C=O) groups excluding carboxylic acids is 2. The lowest BCUT2D eigenvalue weighted by atomic mass is 9.93. The van der Waals surface area contributed by atoms with Gasteiger partial charge in [0.1, 0.15) is 23.5 Å². The number of anilines is 1. The third-order valence-corrected chi connectivity index (χ3v) is 6.82. The molecule has 0 spiro atoms. The smallest absolute Gasteiger partial charge is 0.350 e. The van der Waals surface area contributed by atoms with Crippen molar-refractivity contribution in [1.82, 2.24) is 19.5 Å². The van der Waals surface area contributed by atoms with Crippen LogP contribution in [-0.2, 0) is 35.0 Å². The zero-order chi connectivity index (χ0) is 28.1. The molecule has 2 fully saturated rings. The van der Waals surface area contributed by atoms with E-state index in [1.807, 2.05) is 0 Å². The second-order valence-electron chi connectivity index (χ2n) is 9.05. The molecule has 208 valence electrons. The van der Waals surface area contributed by atoms with Crippen LogP contribution >= 0.6 is 11.6 Å². The Morgan fingerprint density at radius 3 is 2.41 bits per heavy atom. The van der Waals surface area contributed by atoms with Crippen LogP contribution in [0.2, 0.25) is 5.28 Å². The second kappa shape index (κ2) is 9.93. The number of aliphatic hydroxyl groups is 1. The topological polar surface area (TPSA) is 161 Å². The van der Waals surface area contributed by atoms with Gasteiger partial charge in [-0.15, -0.1) is 0 Å². The summed E-state index contributed by atoms with van der Waals surface area (Å²) in [5, 5.41) is 11.0. The fraction of sp³-hybridized carbons (Fsp3) is 0.458. The Morgan fingerprint density at radius 2 is 1.85 bits per heavy atom. The number of imidazole rings is 1. The zero-order valence-corrected chi connectivity index (χ0v) is 21.5. The van der Waals surface area contributed by atoms with E-state index in [0.717, 1.165) is 12.1 Å². The summed E-state index contributed by atoms with van der Waals surface area (Å²) in [4.78, 5) is 38.3. The quantitative estimate of drug-likeness (QED) is 0.220. The molecule has 0 bridgehead atoms. The van der Waals surface area contributed by atoms with E-state index < -0.39 is 60.0 Å². The summed E-state index contributed by atoms with van der Waals surface area (Å²) in [7, 11) is 0. The van der Waals surface area contributed by atoms with Crippen LogP contribution in [0.15, 0.2) is 30.6 Å². The number of nitrogens with two attached hydrogens (primary N) is 1. The Hall–Kier alpha value is -3.46. The summed E-state index contributed by atoms with van der Waals surface area (Å²) < 4.78 is 52.4. The number of hydrogen-bond donors (Lipinski definition) is 2. The van der Waals surface area contributed by atoms with Gasteiger partial charge < -0.3 is 29.8 Å². The van der Waals surface area contributed by atoms with Gasteiger partial charge in [0, 0.05) is 6.42 Å². The van der Waals surface area contributed by atoms with Crippen LogP contribution in [0.3, 0.4) is 0 Å². The van der Waals surface area contributed by atoms with E-state index in [4.69, 9.17) is 36.3 Å². The lowest BCUT2D eigenvalue weighted by Gasteiger charge is -2.31. The number of nitrogens with zero attached hydrogens (tertiary/aromatic N) is 4. The third-order valence-electron chi connectivity index (χ3n) is 6.66. The highest BCUT2D eigenvalue weighted by Crippen LogP contribution is 2.58. The summed E-state index contributed by atoms with van der Waals surface area (Å²) in [6.45, 7) is 2.82. The van der Waals surface area contributed by atoms with Gasteiger partial charge in [-0.2, -0.15) is 9.97 Å². The van der Waals surface area contributed by atoms with Gasteiger partial charge in [-0.05, 0) is 43.1 Å². The average molecular weight is 568 g/mol. The lowest BCUT2D eigenvalue weighted by molar-refractivity contribution is -0.201. The molecule has 3 N–H and O–H groups in total.